The number of hydrogen-bond donors (Lipinski definition) is 2. The van der Waals surface area contributed by atoms with Crippen LogP contribution in [0.3, 0.4) is 0 Å². The van der Waals surface area contributed by atoms with Crippen molar-refractivity contribution in [3.63, 3.8) is 0 Å². The molecule has 0 amide bonds. The Morgan fingerprint density at radius 3 is 1.83 bits per heavy atom. The van der Waals surface area contributed by atoms with Gasteiger partial charge in [0, 0.05) is 5.92 Å². The average Bonchev–Trinajstić information content (AvgIpc) is 2.05. The highest BCUT2D eigenvalue weighted by atomic mass is 32.2. The van der Waals surface area contributed by atoms with Gasteiger partial charge in [-0.05, 0) is 12.8 Å². The van der Waals surface area contributed by atoms with E-state index in [1.54, 1.807) is 0 Å². The van der Waals surface area contributed by atoms with Gasteiger partial charge in [-0.1, -0.05) is 19.3 Å². The summed E-state index contributed by atoms with van der Waals surface area (Å²) in [6, 6.07) is 0. The summed E-state index contributed by atoms with van der Waals surface area (Å²) in [7, 11) is 0. The first-order valence-corrected chi connectivity index (χ1v) is 4.98. The molecule has 4 nitrogen and oxygen atoms in total. The van der Waals surface area contributed by atoms with Crippen molar-refractivity contribution in [3.05, 3.63) is 0 Å². The zero-order valence-electron chi connectivity index (χ0n) is 6.81. The molecular formula is C7H14O4S. The van der Waals surface area contributed by atoms with Crippen molar-refractivity contribution in [1.82, 2.24) is 0 Å². The van der Waals surface area contributed by atoms with Crippen LogP contribution in [0, 0.1) is 5.92 Å². The summed E-state index contributed by atoms with van der Waals surface area (Å²) in [5.74, 6) is 0.406. The van der Waals surface area contributed by atoms with E-state index in [1.807, 2.05) is 0 Å². The molecule has 0 radical (unpaired) electrons. The lowest BCUT2D eigenvalue weighted by Gasteiger charge is -2.14. The van der Waals surface area contributed by atoms with Gasteiger partial charge in [0.1, 0.15) is 6.29 Å². The molecule has 0 spiro atoms. The molecule has 0 bridgehead atoms. The van der Waals surface area contributed by atoms with Crippen LogP contribution in [0.2, 0.25) is 0 Å². The Kier molecular flexibility index (Phi) is 7.23. The lowest BCUT2D eigenvalue weighted by atomic mass is 9.91. The predicted octanol–water partition coefficient (Wildman–Crippen LogP) is 1.45. The number of carbonyl (C=O) groups excluding carboxylic acids is 1. The number of carbonyl (C=O) groups is 1. The minimum Gasteiger partial charge on any atom is -0.303 e. The van der Waals surface area contributed by atoms with Crippen molar-refractivity contribution in [2.24, 2.45) is 5.92 Å². The summed E-state index contributed by atoms with van der Waals surface area (Å²) in [4.78, 5) is 10.2. The maximum Gasteiger partial charge on any atom is 0.299 e. The first-order chi connectivity index (χ1) is 5.66. The molecule has 1 saturated carbocycles. The second-order valence-electron chi connectivity index (χ2n) is 2.76. The van der Waals surface area contributed by atoms with Crippen LogP contribution in [0.1, 0.15) is 32.1 Å². The van der Waals surface area contributed by atoms with Gasteiger partial charge in [0.2, 0.25) is 0 Å². The lowest BCUT2D eigenvalue weighted by molar-refractivity contribution is -0.111. The zero-order valence-corrected chi connectivity index (χ0v) is 7.63. The summed E-state index contributed by atoms with van der Waals surface area (Å²) >= 11 is -2.61. The third kappa shape index (κ3) is 7.84. The van der Waals surface area contributed by atoms with Gasteiger partial charge in [-0.3, -0.25) is 9.11 Å². The van der Waals surface area contributed by atoms with Crippen molar-refractivity contribution in [2.45, 2.75) is 32.1 Å². The first kappa shape index (κ1) is 11.7. The molecule has 0 aromatic rings. The van der Waals surface area contributed by atoms with Gasteiger partial charge >= 0.3 is 0 Å². The summed E-state index contributed by atoms with van der Waals surface area (Å²) in [5, 5.41) is 0. The van der Waals surface area contributed by atoms with Gasteiger partial charge in [-0.2, -0.15) is 4.21 Å². The molecular weight excluding hydrogens is 180 g/mol. The van der Waals surface area contributed by atoms with Gasteiger partial charge in [-0.15, -0.1) is 0 Å². The molecule has 1 aliphatic rings. The Hall–Kier alpha value is -0.260. The number of aldehydes is 1. The molecule has 1 rings (SSSR count). The summed E-state index contributed by atoms with van der Waals surface area (Å²) in [5.41, 5.74) is 0. The molecule has 5 heteroatoms. The van der Waals surface area contributed by atoms with Crippen molar-refractivity contribution >= 4 is 17.6 Å². The lowest BCUT2D eigenvalue weighted by Crippen LogP contribution is -2.06. The Labute approximate surface area is 74.5 Å². The van der Waals surface area contributed by atoms with E-state index >= 15 is 0 Å². The van der Waals surface area contributed by atoms with E-state index < -0.39 is 11.4 Å². The fraction of sp³-hybridized carbons (Fsp3) is 0.857. The predicted molar refractivity (Wildman–Crippen MR) is 46.0 cm³/mol. The monoisotopic (exact) mass is 194 g/mol. The van der Waals surface area contributed by atoms with Crippen LogP contribution >= 0.6 is 0 Å². The normalized spacial score (nSPS) is 18.2. The van der Waals surface area contributed by atoms with Gasteiger partial charge in [0.05, 0.1) is 0 Å². The van der Waals surface area contributed by atoms with Crippen LogP contribution in [0.4, 0.5) is 0 Å². The van der Waals surface area contributed by atoms with E-state index in [0.29, 0.717) is 5.92 Å². The van der Waals surface area contributed by atoms with Gasteiger partial charge in [0.25, 0.3) is 11.4 Å². The molecule has 0 heterocycles. The van der Waals surface area contributed by atoms with Gasteiger partial charge in [0.15, 0.2) is 0 Å². The van der Waals surface area contributed by atoms with E-state index in [4.69, 9.17) is 13.3 Å². The van der Waals surface area contributed by atoms with Crippen LogP contribution in [0.25, 0.3) is 0 Å². The Balaban J connectivity index is 0.000000261. The molecule has 72 valence electrons. The van der Waals surface area contributed by atoms with Crippen LogP contribution in [-0.2, 0) is 16.2 Å². The second-order valence-corrected chi connectivity index (χ2v) is 3.23. The first-order valence-electron chi connectivity index (χ1n) is 3.92. The molecule has 0 aromatic carbocycles. The third-order valence-corrected chi connectivity index (χ3v) is 1.84. The molecule has 0 atom stereocenters. The van der Waals surface area contributed by atoms with Crippen molar-refractivity contribution in [1.29, 1.82) is 0 Å². The van der Waals surface area contributed by atoms with Crippen molar-refractivity contribution in [3.8, 4) is 0 Å². The average molecular weight is 194 g/mol. The number of hydrogen-bond acceptors (Lipinski definition) is 2. The van der Waals surface area contributed by atoms with Crippen LogP contribution in [0.15, 0.2) is 0 Å². The van der Waals surface area contributed by atoms with Crippen molar-refractivity contribution < 1.29 is 18.1 Å². The fourth-order valence-corrected chi connectivity index (χ4v) is 1.27. The van der Waals surface area contributed by atoms with Gasteiger partial charge in [-0.25, -0.2) is 0 Å². The smallest absolute Gasteiger partial charge is 0.299 e. The molecule has 0 aromatic heterocycles. The highest BCUT2D eigenvalue weighted by molar-refractivity contribution is 7.73. The van der Waals surface area contributed by atoms with E-state index in [1.165, 1.54) is 19.3 Å². The van der Waals surface area contributed by atoms with E-state index in [9.17, 15) is 4.79 Å². The molecule has 2 N–H and O–H groups in total. The molecule has 0 aliphatic heterocycles. The Morgan fingerprint density at radius 2 is 1.58 bits per heavy atom. The molecule has 1 fully saturated rings. The van der Waals surface area contributed by atoms with Gasteiger partial charge < -0.3 is 4.79 Å². The van der Waals surface area contributed by atoms with E-state index in [0.717, 1.165) is 19.1 Å². The van der Waals surface area contributed by atoms with Crippen LogP contribution < -0.4 is 0 Å². The largest absolute Gasteiger partial charge is 0.303 e. The zero-order chi connectivity index (χ0) is 9.40. The molecule has 12 heavy (non-hydrogen) atoms. The Morgan fingerprint density at radius 1 is 1.17 bits per heavy atom. The van der Waals surface area contributed by atoms with E-state index in [2.05, 4.69) is 0 Å². The number of rotatable bonds is 1. The quantitative estimate of drug-likeness (QED) is 0.489. The fourth-order valence-electron chi connectivity index (χ4n) is 1.27. The van der Waals surface area contributed by atoms with E-state index in [-0.39, 0.29) is 0 Å². The highest BCUT2D eigenvalue weighted by Crippen LogP contribution is 2.21. The minimum atomic E-state index is -2.61. The summed E-state index contributed by atoms with van der Waals surface area (Å²) < 4.78 is 22.8. The standard InChI is InChI=1S/C7H12O.H2O3S/c8-6-7-4-2-1-3-5-7;1-4(2)3/h6-7H,1-5H2;(H2,1,2,3). The minimum absolute atomic E-state index is 0.406. The SMILES string of the molecule is O=CC1CCCCC1.O=S(O)O. The summed E-state index contributed by atoms with van der Waals surface area (Å²) in [6.45, 7) is 0. The maximum atomic E-state index is 10.2. The molecule has 0 unspecified atom stereocenters. The molecule has 1 aliphatic carbocycles. The van der Waals surface area contributed by atoms with Crippen LogP contribution in [-0.4, -0.2) is 19.6 Å². The van der Waals surface area contributed by atoms with Crippen molar-refractivity contribution in [2.75, 3.05) is 0 Å². The summed E-state index contributed by atoms with van der Waals surface area (Å²) in [6.07, 6.45) is 7.27. The van der Waals surface area contributed by atoms with Crippen LogP contribution in [0.5, 0.6) is 0 Å². The second kappa shape index (κ2) is 7.39. The maximum absolute atomic E-state index is 10.2. The molecule has 0 saturated heterocycles. The Bertz CT molecular complexity index is 138. The highest BCUT2D eigenvalue weighted by Gasteiger charge is 2.10. The topological polar surface area (TPSA) is 74.6 Å². The third-order valence-electron chi connectivity index (χ3n) is 1.84.